The highest BCUT2D eigenvalue weighted by Gasteiger charge is 2.23. The summed E-state index contributed by atoms with van der Waals surface area (Å²) >= 11 is 1.27. The van der Waals surface area contributed by atoms with E-state index in [0.717, 1.165) is 26.1 Å². The molecule has 1 atom stereocenters. The van der Waals surface area contributed by atoms with E-state index in [1.807, 2.05) is 0 Å². The molecular formula is C12H19NO4S2. The smallest absolute Gasteiger partial charge is 0.242 e. The van der Waals surface area contributed by atoms with Gasteiger partial charge in [-0.3, -0.25) is 0 Å². The van der Waals surface area contributed by atoms with Crippen molar-refractivity contribution < 1.29 is 18.3 Å². The van der Waals surface area contributed by atoms with Crippen LogP contribution in [-0.2, 0) is 21.4 Å². The van der Waals surface area contributed by atoms with Gasteiger partial charge in [0, 0.05) is 19.8 Å². The fourth-order valence-electron chi connectivity index (χ4n) is 2.24. The first-order valence-corrected chi connectivity index (χ1v) is 8.66. The third kappa shape index (κ3) is 3.55. The van der Waals surface area contributed by atoms with Crippen LogP contribution in [0.3, 0.4) is 0 Å². The Morgan fingerprint density at radius 3 is 3.00 bits per heavy atom. The Bertz CT molecular complexity index is 518. The first-order valence-electron chi connectivity index (χ1n) is 6.30. The Hall–Kier alpha value is -0.470. The molecular weight excluding hydrogens is 286 g/mol. The molecule has 1 aliphatic heterocycles. The van der Waals surface area contributed by atoms with Crippen molar-refractivity contribution in [2.75, 3.05) is 19.8 Å². The van der Waals surface area contributed by atoms with E-state index in [4.69, 9.17) is 4.74 Å². The number of aryl methyl sites for hydroxylation is 1. The lowest BCUT2D eigenvalue weighted by atomic mass is 10.1. The molecule has 0 spiro atoms. The van der Waals surface area contributed by atoms with Gasteiger partial charge < -0.3 is 9.84 Å². The van der Waals surface area contributed by atoms with Crippen molar-refractivity contribution in [2.45, 2.75) is 31.3 Å². The van der Waals surface area contributed by atoms with Gasteiger partial charge in [-0.15, -0.1) is 11.3 Å². The van der Waals surface area contributed by atoms with Gasteiger partial charge in [0.05, 0.1) is 11.5 Å². The largest absolute Gasteiger partial charge is 0.391 e. The monoisotopic (exact) mass is 305 g/mol. The minimum Gasteiger partial charge on any atom is -0.391 e. The number of hydrogen-bond donors (Lipinski definition) is 2. The van der Waals surface area contributed by atoms with Crippen molar-refractivity contribution in [3.8, 4) is 0 Å². The number of ether oxygens (including phenoxy) is 1. The molecule has 1 aromatic rings. The Labute approximate surface area is 117 Å². The summed E-state index contributed by atoms with van der Waals surface area (Å²) in [4.78, 5) is 0.733. The van der Waals surface area contributed by atoms with Crippen LogP contribution >= 0.6 is 11.3 Å². The molecule has 2 rings (SSSR count). The molecule has 108 valence electrons. The van der Waals surface area contributed by atoms with Gasteiger partial charge in [0.1, 0.15) is 4.90 Å². The van der Waals surface area contributed by atoms with E-state index in [2.05, 4.69) is 4.72 Å². The Morgan fingerprint density at radius 2 is 2.37 bits per heavy atom. The lowest BCUT2D eigenvalue weighted by Gasteiger charge is -2.10. The standard InChI is InChI=1S/C12H19NO4S2/c1-9-8-18-11(6-14)12(9)19(15,16)13-4-2-10-3-5-17-7-10/h8,10,13-14H,2-7H2,1H3. The third-order valence-corrected chi connectivity index (χ3v) is 6.18. The number of thiophene rings is 1. The van der Waals surface area contributed by atoms with Gasteiger partial charge in [0.2, 0.25) is 10.0 Å². The van der Waals surface area contributed by atoms with Crippen LogP contribution in [0, 0.1) is 12.8 Å². The fraction of sp³-hybridized carbons (Fsp3) is 0.667. The summed E-state index contributed by atoms with van der Waals surface area (Å²) in [6.07, 6.45) is 1.79. The molecule has 2 N–H and O–H groups in total. The van der Waals surface area contributed by atoms with E-state index in [1.54, 1.807) is 12.3 Å². The summed E-state index contributed by atoms with van der Waals surface area (Å²) in [5, 5.41) is 10.9. The van der Waals surface area contributed by atoms with Gasteiger partial charge in [0.25, 0.3) is 0 Å². The minimum atomic E-state index is -3.52. The molecule has 0 amide bonds. The highest BCUT2D eigenvalue weighted by molar-refractivity contribution is 7.89. The number of aliphatic hydroxyl groups is 1. The van der Waals surface area contributed by atoms with Crippen molar-refractivity contribution in [2.24, 2.45) is 5.92 Å². The average Bonchev–Trinajstić information content (AvgIpc) is 2.98. The first-order chi connectivity index (χ1) is 9.04. The van der Waals surface area contributed by atoms with E-state index in [1.165, 1.54) is 11.3 Å². The van der Waals surface area contributed by atoms with Crippen LogP contribution in [0.4, 0.5) is 0 Å². The van der Waals surface area contributed by atoms with Crippen molar-refractivity contribution in [1.82, 2.24) is 4.72 Å². The van der Waals surface area contributed by atoms with Crippen molar-refractivity contribution >= 4 is 21.4 Å². The maximum atomic E-state index is 12.2. The van der Waals surface area contributed by atoms with E-state index in [9.17, 15) is 13.5 Å². The zero-order valence-electron chi connectivity index (χ0n) is 10.9. The fourth-order valence-corrected chi connectivity index (χ4v) is 4.94. The molecule has 1 fully saturated rings. The number of sulfonamides is 1. The van der Waals surface area contributed by atoms with Crippen LogP contribution in [0.15, 0.2) is 10.3 Å². The van der Waals surface area contributed by atoms with Gasteiger partial charge >= 0.3 is 0 Å². The van der Waals surface area contributed by atoms with E-state index in [-0.39, 0.29) is 11.5 Å². The summed E-state index contributed by atoms with van der Waals surface area (Å²) < 4.78 is 32.3. The van der Waals surface area contributed by atoms with Crippen LogP contribution in [0.25, 0.3) is 0 Å². The van der Waals surface area contributed by atoms with E-state index in [0.29, 0.717) is 22.9 Å². The van der Waals surface area contributed by atoms with Crippen LogP contribution in [0.1, 0.15) is 23.3 Å². The number of aliphatic hydroxyl groups excluding tert-OH is 1. The predicted octanol–water partition coefficient (Wildman–Crippen LogP) is 1.25. The molecule has 0 saturated carbocycles. The molecule has 0 bridgehead atoms. The second-order valence-electron chi connectivity index (χ2n) is 4.75. The predicted molar refractivity (Wildman–Crippen MR) is 73.7 cm³/mol. The second kappa shape index (κ2) is 6.32. The maximum Gasteiger partial charge on any atom is 0.242 e. The zero-order chi connectivity index (χ0) is 13.9. The Kier molecular flexibility index (Phi) is 4.97. The van der Waals surface area contributed by atoms with E-state index >= 15 is 0 Å². The van der Waals surface area contributed by atoms with Crippen LogP contribution in [0.2, 0.25) is 0 Å². The number of hydrogen-bond acceptors (Lipinski definition) is 5. The van der Waals surface area contributed by atoms with Gasteiger partial charge in [-0.05, 0) is 36.6 Å². The van der Waals surface area contributed by atoms with Gasteiger partial charge in [-0.25, -0.2) is 13.1 Å². The molecule has 1 aromatic heterocycles. The van der Waals surface area contributed by atoms with Crippen molar-refractivity contribution in [1.29, 1.82) is 0 Å². The summed E-state index contributed by atoms with van der Waals surface area (Å²) in [5.41, 5.74) is 0.686. The third-order valence-electron chi connectivity index (χ3n) is 3.27. The summed E-state index contributed by atoms with van der Waals surface area (Å²) in [6, 6.07) is 0. The summed E-state index contributed by atoms with van der Waals surface area (Å²) in [7, 11) is -3.52. The zero-order valence-corrected chi connectivity index (χ0v) is 12.5. The maximum absolute atomic E-state index is 12.2. The summed E-state index contributed by atoms with van der Waals surface area (Å²) in [6.45, 7) is 3.41. The van der Waals surface area contributed by atoms with Crippen LogP contribution in [0.5, 0.6) is 0 Å². The first kappa shape index (κ1) is 14.9. The normalized spacial score (nSPS) is 20.0. The molecule has 1 aliphatic rings. The van der Waals surface area contributed by atoms with Gasteiger partial charge in [-0.1, -0.05) is 0 Å². The Balaban J connectivity index is 1.99. The van der Waals surface area contributed by atoms with Gasteiger partial charge in [-0.2, -0.15) is 0 Å². The molecule has 0 radical (unpaired) electrons. The lowest BCUT2D eigenvalue weighted by molar-refractivity contribution is 0.184. The number of nitrogens with one attached hydrogen (secondary N) is 1. The number of rotatable bonds is 6. The molecule has 5 nitrogen and oxygen atoms in total. The summed E-state index contributed by atoms with van der Waals surface area (Å²) in [5.74, 6) is 0.448. The SMILES string of the molecule is Cc1csc(CO)c1S(=O)(=O)NCCC1CCOC1. The van der Waals surface area contributed by atoms with Crippen molar-refractivity contribution in [3.63, 3.8) is 0 Å². The Morgan fingerprint density at radius 1 is 1.58 bits per heavy atom. The quantitative estimate of drug-likeness (QED) is 0.829. The molecule has 2 heterocycles. The van der Waals surface area contributed by atoms with Gasteiger partial charge in [0.15, 0.2) is 0 Å². The van der Waals surface area contributed by atoms with E-state index < -0.39 is 10.0 Å². The lowest BCUT2D eigenvalue weighted by Crippen LogP contribution is -2.27. The highest BCUT2D eigenvalue weighted by atomic mass is 32.2. The average molecular weight is 305 g/mol. The molecule has 0 aromatic carbocycles. The molecule has 0 aliphatic carbocycles. The van der Waals surface area contributed by atoms with Crippen LogP contribution < -0.4 is 4.72 Å². The topological polar surface area (TPSA) is 75.6 Å². The van der Waals surface area contributed by atoms with Crippen molar-refractivity contribution in [3.05, 3.63) is 15.8 Å². The molecule has 7 heteroatoms. The molecule has 19 heavy (non-hydrogen) atoms. The highest BCUT2D eigenvalue weighted by Crippen LogP contribution is 2.26. The second-order valence-corrected chi connectivity index (χ2v) is 7.41. The van der Waals surface area contributed by atoms with Crippen LogP contribution in [-0.4, -0.2) is 33.3 Å². The minimum absolute atomic E-state index is 0.239. The molecule has 1 saturated heterocycles. The molecule has 1 unspecified atom stereocenters.